The van der Waals surface area contributed by atoms with Crippen LogP contribution in [0.15, 0.2) is 48.6 Å². The lowest BCUT2D eigenvalue weighted by Crippen LogP contribution is -2.52. The number of rotatable bonds is 5. The van der Waals surface area contributed by atoms with Crippen molar-refractivity contribution < 1.29 is 32.5 Å². The number of ether oxygens (including phenoxy) is 3. The van der Waals surface area contributed by atoms with Gasteiger partial charge in [-0.3, -0.25) is 9.69 Å². The summed E-state index contributed by atoms with van der Waals surface area (Å²) in [7, 11) is -3.99. The number of hydrogen-bond donors (Lipinski definition) is 2. The van der Waals surface area contributed by atoms with Crippen molar-refractivity contribution in [1.29, 1.82) is 0 Å². The number of amides is 1. The topological polar surface area (TPSA) is 118 Å². The molecule has 274 valence electrons. The summed E-state index contributed by atoms with van der Waals surface area (Å²) in [6, 6.07) is 11.0. The first-order chi connectivity index (χ1) is 24.0. The van der Waals surface area contributed by atoms with E-state index in [1.165, 1.54) is 0 Å². The molecular formula is C38H52ClN3O7S. The van der Waals surface area contributed by atoms with Gasteiger partial charge in [0.25, 0.3) is 5.91 Å². The van der Waals surface area contributed by atoms with Gasteiger partial charge in [0.1, 0.15) is 18.0 Å². The number of morpholine rings is 1. The molecule has 2 aromatic rings. The maximum absolute atomic E-state index is 13.5. The van der Waals surface area contributed by atoms with E-state index in [0.717, 1.165) is 81.8 Å². The molecule has 10 nitrogen and oxygen atoms in total. The smallest absolute Gasteiger partial charge is 0.264 e. The van der Waals surface area contributed by atoms with Crippen molar-refractivity contribution in [2.24, 2.45) is 17.8 Å². The predicted molar refractivity (Wildman–Crippen MR) is 195 cm³/mol. The Bertz CT molecular complexity index is 1630. The van der Waals surface area contributed by atoms with E-state index in [-0.39, 0.29) is 29.9 Å². The van der Waals surface area contributed by atoms with Crippen molar-refractivity contribution in [3.63, 3.8) is 0 Å². The van der Waals surface area contributed by atoms with Crippen LogP contribution in [0, 0.1) is 17.8 Å². The van der Waals surface area contributed by atoms with Gasteiger partial charge >= 0.3 is 0 Å². The zero-order valence-corrected chi connectivity index (χ0v) is 30.9. The third kappa shape index (κ3) is 8.85. The fourth-order valence-corrected chi connectivity index (χ4v) is 9.09. The number of carbonyl (C=O) groups is 1. The summed E-state index contributed by atoms with van der Waals surface area (Å²) < 4.78 is 47.3. The van der Waals surface area contributed by atoms with Crippen molar-refractivity contribution >= 4 is 33.2 Å². The molecule has 0 unspecified atom stereocenters. The lowest BCUT2D eigenvalue weighted by atomic mass is 9.64. The number of aliphatic hydroxyl groups is 1. The second kappa shape index (κ2) is 16.3. The number of nitrogens with zero attached hydrogens (tertiary/aromatic N) is 2. The van der Waals surface area contributed by atoms with Gasteiger partial charge in [0.05, 0.1) is 37.4 Å². The number of benzene rings is 2. The summed E-state index contributed by atoms with van der Waals surface area (Å²) in [5.74, 6) is -0.223. The van der Waals surface area contributed by atoms with Gasteiger partial charge in [0, 0.05) is 43.3 Å². The van der Waals surface area contributed by atoms with Gasteiger partial charge in [0.2, 0.25) is 10.0 Å². The first kappa shape index (κ1) is 37.1. The molecule has 3 heterocycles. The largest absolute Gasteiger partial charge is 0.487 e. The number of aryl methyl sites for hydroxylation is 1. The van der Waals surface area contributed by atoms with E-state index in [9.17, 15) is 18.3 Å². The standard InChI is InChI=1S/C38H52ClN3O7S/c1-27-6-5-14-38(44,26-48-21-18-41-16-19-47-20-17-41)34-12-9-31(34)24-42-15-4-3-7-29-22-33(39)11-8-32(29)25-49-36-13-10-30(23-35(36)42)37(43)40-50(45,46)28(27)2/h5,8,10-11,13-14,22-23,27-28,31,34,44H,3-4,6-7,9,12,15-21,24-26H2,1-2H3,(H,40,43)/b14-5+/t27-,28+,31-,34+,38+/m0/s1. The Balaban J connectivity index is 1.31. The molecule has 5 atom stereocenters. The lowest BCUT2D eigenvalue weighted by molar-refractivity contribution is -0.0981. The molecular weight excluding hydrogens is 678 g/mol. The van der Waals surface area contributed by atoms with Gasteiger partial charge in [-0.15, -0.1) is 0 Å². The number of fused-ring (bicyclic) bond motifs is 3. The molecule has 1 amide bonds. The summed E-state index contributed by atoms with van der Waals surface area (Å²) >= 11 is 6.36. The van der Waals surface area contributed by atoms with E-state index < -0.39 is 26.8 Å². The van der Waals surface area contributed by atoms with E-state index in [4.69, 9.17) is 25.8 Å². The van der Waals surface area contributed by atoms with Crippen molar-refractivity contribution in [2.75, 3.05) is 64.1 Å². The Kier molecular flexibility index (Phi) is 12.1. The number of halogens is 1. The number of carbonyl (C=O) groups excluding carboxylic acids is 1. The molecule has 6 rings (SSSR count). The molecule has 50 heavy (non-hydrogen) atoms. The number of sulfonamides is 1. The van der Waals surface area contributed by atoms with Gasteiger partial charge in [-0.2, -0.15) is 0 Å². The number of hydrogen-bond acceptors (Lipinski definition) is 9. The molecule has 1 saturated carbocycles. The Morgan fingerprint density at radius 2 is 1.88 bits per heavy atom. The van der Waals surface area contributed by atoms with Crippen LogP contribution < -0.4 is 14.4 Å². The minimum atomic E-state index is -3.99. The van der Waals surface area contributed by atoms with Gasteiger partial charge in [-0.05, 0) is 105 Å². The molecule has 4 aliphatic rings. The highest BCUT2D eigenvalue weighted by Crippen LogP contribution is 2.45. The molecule has 2 bridgehead atoms. The van der Waals surface area contributed by atoms with Gasteiger partial charge in [-0.25, -0.2) is 13.1 Å². The summed E-state index contributed by atoms with van der Waals surface area (Å²) in [5.41, 5.74) is 2.01. The van der Waals surface area contributed by atoms with E-state index >= 15 is 0 Å². The maximum Gasteiger partial charge on any atom is 0.264 e. The van der Waals surface area contributed by atoms with Crippen LogP contribution in [-0.2, 0) is 32.5 Å². The van der Waals surface area contributed by atoms with Crippen LogP contribution in [-0.4, -0.2) is 94.3 Å². The van der Waals surface area contributed by atoms with Crippen LogP contribution in [0.3, 0.4) is 0 Å². The number of nitrogens with one attached hydrogen (secondary N) is 1. The van der Waals surface area contributed by atoms with Gasteiger partial charge in [0.15, 0.2) is 0 Å². The molecule has 1 aliphatic carbocycles. The van der Waals surface area contributed by atoms with Crippen molar-refractivity contribution in [1.82, 2.24) is 9.62 Å². The number of allylic oxidation sites excluding steroid dienone is 1. The maximum atomic E-state index is 13.5. The molecule has 0 aromatic heterocycles. The Morgan fingerprint density at radius 3 is 2.66 bits per heavy atom. The first-order valence-corrected chi connectivity index (χ1v) is 20.1. The zero-order chi connectivity index (χ0) is 35.3. The SMILES string of the molecule is C[C@@H]1[C@@H](C)C/C=C/[C@@](O)(COCCN2CCOCC2)[C@@H]2CC[C@H]2CN2CCCCc3cc(Cl)ccc3COc3ccc(cc32)C(=O)NS1(=O)=O. The van der Waals surface area contributed by atoms with Crippen LogP contribution >= 0.6 is 11.6 Å². The van der Waals surface area contributed by atoms with Gasteiger partial charge in [-0.1, -0.05) is 36.7 Å². The predicted octanol–water partition coefficient (Wildman–Crippen LogP) is 5.21. The second-order valence-electron chi connectivity index (χ2n) is 14.5. The highest BCUT2D eigenvalue weighted by Gasteiger charge is 2.46. The highest BCUT2D eigenvalue weighted by atomic mass is 35.5. The monoisotopic (exact) mass is 729 g/mol. The van der Waals surface area contributed by atoms with Crippen LogP contribution in [0.5, 0.6) is 5.75 Å². The zero-order valence-electron chi connectivity index (χ0n) is 29.3. The van der Waals surface area contributed by atoms with E-state index in [2.05, 4.69) is 14.5 Å². The molecule has 0 spiro atoms. The van der Waals surface area contributed by atoms with E-state index in [1.54, 1.807) is 25.1 Å². The summed E-state index contributed by atoms with van der Waals surface area (Å²) in [6.45, 7) is 9.81. The lowest BCUT2D eigenvalue weighted by Gasteiger charge is -2.48. The Hall–Kier alpha value is -2.67. The normalized spacial score (nSPS) is 30.0. The summed E-state index contributed by atoms with van der Waals surface area (Å²) in [4.78, 5) is 18.1. The fraction of sp³-hybridized carbons (Fsp3) is 0.605. The Labute approximate surface area is 302 Å². The minimum Gasteiger partial charge on any atom is -0.487 e. The second-order valence-corrected chi connectivity index (χ2v) is 17.0. The van der Waals surface area contributed by atoms with Gasteiger partial charge < -0.3 is 24.2 Å². The molecule has 2 fully saturated rings. The van der Waals surface area contributed by atoms with Crippen LogP contribution in [0.25, 0.3) is 0 Å². The summed E-state index contributed by atoms with van der Waals surface area (Å²) in [5, 5.41) is 12.2. The first-order valence-electron chi connectivity index (χ1n) is 18.2. The van der Waals surface area contributed by atoms with Crippen molar-refractivity contribution in [3.8, 4) is 5.75 Å². The van der Waals surface area contributed by atoms with Crippen LogP contribution in [0.4, 0.5) is 5.69 Å². The van der Waals surface area contributed by atoms with Crippen LogP contribution in [0.1, 0.15) is 67.4 Å². The molecule has 0 radical (unpaired) electrons. The van der Waals surface area contributed by atoms with E-state index in [1.807, 2.05) is 37.3 Å². The highest BCUT2D eigenvalue weighted by molar-refractivity contribution is 7.90. The molecule has 1 saturated heterocycles. The molecule has 2 N–H and O–H groups in total. The average molecular weight is 730 g/mol. The Morgan fingerprint density at radius 1 is 1.06 bits per heavy atom. The third-order valence-electron chi connectivity index (χ3n) is 11.2. The average Bonchev–Trinajstić information content (AvgIpc) is 3.11. The molecule has 3 aliphatic heterocycles. The minimum absolute atomic E-state index is 0.0491. The summed E-state index contributed by atoms with van der Waals surface area (Å²) in [6.07, 6.45) is 8.68. The molecule has 2 aromatic carbocycles. The quantitative estimate of drug-likeness (QED) is 0.316. The van der Waals surface area contributed by atoms with E-state index in [0.29, 0.717) is 43.5 Å². The molecule has 12 heteroatoms. The fourth-order valence-electron chi connectivity index (χ4n) is 7.61. The van der Waals surface area contributed by atoms with Crippen molar-refractivity contribution in [2.45, 2.75) is 69.8 Å². The third-order valence-corrected chi connectivity index (χ3v) is 13.3. The van der Waals surface area contributed by atoms with Crippen molar-refractivity contribution in [3.05, 3.63) is 70.3 Å². The van der Waals surface area contributed by atoms with Crippen LogP contribution in [0.2, 0.25) is 5.02 Å². The number of anilines is 1.